The number of carbonyl (C=O) groups is 1. The van der Waals surface area contributed by atoms with Crippen LogP contribution >= 0.6 is 0 Å². The summed E-state index contributed by atoms with van der Waals surface area (Å²) in [4.78, 5) is 11.2. The minimum atomic E-state index is -1.04. The number of hydrogen-bond acceptors (Lipinski definition) is 5. The molecule has 2 heterocycles. The Morgan fingerprint density at radius 1 is 1.30 bits per heavy atom. The topological polar surface area (TPSA) is 85.2 Å². The molecule has 2 aliphatic rings. The van der Waals surface area contributed by atoms with E-state index in [1.54, 1.807) is 12.1 Å². The number of aromatic carboxylic acids is 1. The van der Waals surface area contributed by atoms with E-state index in [0.717, 1.165) is 5.56 Å². The summed E-state index contributed by atoms with van der Waals surface area (Å²) in [6.45, 7) is 0.672. The summed E-state index contributed by atoms with van der Waals surface area (Å²) in [7, 11) is 1.44. The predicted molar refractivity (Wildman–Crippen MR) is 68.2 cm³/mol. The number of benzene rings is 1. The molecule has 1 aromatic rings. The molecule has 6 nitrogen and oxygen atoms in total. The Balaban J connectivity index is 1.91. The number of ether oxygens (including phenoxy) is 3. The van der Waals surface area contributed by atoms with Crippen molar-refractivity contribution in [2.75, 3.05) is 20.3 Å². The van der Waals surface area contributed by atoms with Crippen LogP contribution in [-0.2, 0) is 9.47 Å². The highest BCUT2D eigenvalue weighted by Crippen LogP contribution is 2.38. The SMILES string of the molecule is COc1ccc([C@@H]2CO[C@H]3[C@@H]2OC[C@@H]3O)cc1C(=O)O. The number of fused-ring (bicyclic) bond motifs is 1. The Kier molecular flexibility index (Phi) is 3.37. The van der Waals surface area contributed by atoms with Gasteiger partial charge in [0.15, 0.2) is 0 Å². The van der Waals surface area contributed by atoms with E-state index < -0.39 is 12.1 Å². The van der Waals surface area contributed by atoms with Gasteiger partial charge in [-0.25, -0.2) is 4.79 Å². The number of aliphatic hydroxyl groups excluding tert-OH is 1. The van der Waals surface area contributed by atoms with Gasteiger partial charge in [-0.2, -0.15) is 0 Å². The van der Waals surface area contributed by atoms with E-state index in [-0.39, 0.29) is 30.3 Å². The van der Waals surface area contributed by atoms with Crippen molar-refractivity contribution in [2.45, 2.75) is 24.2 Å². The number of rotatable bonds is 3. The molecule has 2 saturated heterocycles. The predicted octanol–water partition coefficient (Wildman–Crippen LogP) is 0.635. The van der Waals surface area contributed by atoms with Gasteiger partial charge in [-0.3, -0.25) is 0 Å². The molecular weight excluding hydrogens is 264 g/mol. The van der Waals surface area contributed by atoms with Crippen molar-refractivity contribution in [1.29, 1.82) is 0 Å². The monoisotopic (exact) mass is 280 g/mol. The van der Waals surface area contributed by atoms with Crippen LogP contribution in [0, 0.1) is 0 Å². The zero-order valence-electron chi connectivity index (χ0n) is 11.0. The molecule has 0 aliphatic carbocycles. The van der Waals surface area contributed by atoms with E-state index >= 15 is 0 Å². The Hall–Kier alpha value is -1.63. The Bertz CT molecular complexity index is 528. The van der Waals surface area contributed by atoms with Crippen molar-refractivity contribution in [3.8, 4) is 5.75 Å². The quantitative estimate of drug-likeness (QED) is 0.845. The molecule has 0 spiro atoms. The lowest BCUT2D eigenvalue weighted by Crippen LogP contribution is -2.28. The molecule has 4 atom stereocenters. The van der Waals surface area contributed by atoms with Gasteiger partial charge < -0.3 is 24.4 Å². The minimum Gasteiger partial charge on any atom is -0.496 e. The molecule has 2 fully saturated rings. The van der Waals surface area contributed by atoms with Gasteiger partial charge in [0, 0.05) is 5.92 Å². The summed E-state index contributed by atoms with van der Waals surface area (Å²) < 4.78 is 16.2. The number of carboxylic acid groups (broad SMARTS) is 1. The minimum absolute atomic E-state index is 0.0684. The molecule has 0 unspecified atom stereocenters. The molecule has 0 bridgehead atoms. The third-order valence-corrected chi connectivity index (χ3v) is 3.91. The van der Waals surface area contributed by atoms with Gasteiger partial charge in [0.1, 0.15) is 23.5 Å². The fourth-order valence-corrected chi connectivity index (χ4v) is 2.89. The zero-order valence-corrected chi connectivity index (χ0v) is 11.0. The van der Waals surface area contributed by atoms with Crippen LogP contribution in [0.4, 0.5) is 0 Å². The van der Waals surface area contributed by atoms with Gasteiger partial charge in [0.2, 0.25) is 0 Å². The molecule has 0 aromatic heterocycles. The maximum Gasteiger partial charge on any atom is 0.339 e. The Labute approximate surface area is 115 Å². The van der Waals surface area contributed by atoms with E-state index in [0.29, 0.717) is 12.4 Å². The first-order chi connectivity index (χ1) is 9.61. The van der Waals surface area contributed by atoms with Gasteiger partial charge in [-0.15, -0.1) is 0 Å². The largest absolute Gasteiger partial charge is 0.496 e. The molecule has 0 saturated carbocycles. The highest BCUT2D eigenvalue weighted by molar-refractivity contribution is 5.91. The van der Waals surface area contributed by atoms with E-state index in [1.165, 1.54) is 7.11 Å². The molecule has 20 heavy (non-hydrogen) atoms. The molecule has 2 aliphatic heterocycles. The van der Waals surface area contributed by atoms with Crippen LogP contribution < -0.4 is 4.74 Å². The number of aliphatic hydroxyl groups is 1. The molecule has 6 heteroatoms. The maximum atomic E-state index is 11.2. The standard InChI is InChI=1S/C14H16O6/c1-18-11-3-2-7(4-8(11)14(16)17)9-5-19-13-10(15)6-20-12(9)13/h2-4,9-10,12-13,15H,5-6H2,1H3,(H,16,17)/t9-,10-,12+,13+/m0/s1. The second-order valence-electron chi connectivity index (χ2n) is 5.03. The summed E-state index contributed by atoms with van der Waals surface area (Å²) >= 11 is 0. The first-order valence-corrected chi connectivity index (χ1v) is 6.44. The maximum absolute atomic E-state index is 11.2. The van der Waals surface area contributed by atoms with Gasteiger partial charge >= 0.3 is 5.97 Å². The van der Waals surface area contributed by atoms with Gasteiger partial charge in [0.05, 0.1) is 26.4 Å². The first kappa shape index (κ1) is 13.4. The number of methoxy groups -OCH3 is 1. The molecule has 0 amide bonds. The van der Waals surface area contributed by atoms with Crippen LogP contribution in [0.1, 0.15) is 21.8 Å². The molecule has 0 radical (unpaired) electrons. The third-order valence-electron chi connectivity index (χ3n) is 3.91. The molecule has 2 N–H and O–H groups in total. The summed E-state index contributed by atoms with van der Waals surface area (Å²) in [5.41, 5.74) is 0.941. The van der Waals surface area contributed by atoms with Crippen molar-refractivity contribution in [3.05, 3.63) is 29.3 Å². The van der Waals surface area contributed by atoms with E-state index in [9.17, 15) is 15.0 Å². The molecule has 1 aromatic carbocycles. The van der Waals surface area contributed by atoms with Crippen LogP contribution in [0.2, 0.25) is 0 Å². The van der Waals surface area contributed by atoms with Gasteiger partial charge in [0.25, 0.3) is 0 Å². The number of hydrogen-bond donors (Lipinski definition) is 2. The van der Waals surface area contributed by atoms with E-state index in [4.69, 9.17) is 14.2 Å². The summed E-state index contributed by atoms with van der Waals surface area (Å²) in [5, 5.41) is 18.9. The van der Waals surface area contributed by atoms with E-state index in [2.05, 4.69) is 0 Å². The van der Waals surface area contributed by atoms with Crippen LogP contribution in [0.5, 0.6) is 5.75 Å². The second-order valence-corrected chi connectivity index (χ2v) is 5.03. The lowest BCUT2D eigenvalue weighted by molar-refractivity contribution is 0.0182. The third kappa shape index (κ3) is 2.06. The fraction of sp³-hybridized carbons (Fsp3) is 0.500. The Morgan fingerprint density at radius 2 is 2.05 bits per heavy atom. The summed E-state index contributed by atoms with van der Waals surface area (Å²) in [5.74, 6) is -0.781. The fourth-order valence-electron chi connectivity index (χ4n) is 2.89. The molecular formula is C14H16O6. The summed E-state index contributed by atoms with van der Waals surface area (Å²) in [6, 6.07) is 5.04. The summed E-state index contributed by atoms with van der Waals surface area (Å²) in [6.07, 6.45) is -1.15. The van der Waals surface area contributed by atoms with Crippen molar-refractivity contribution in [2.24, 2.45) is 0 Å². The van der Waals surface area contributed by atoms with Crippen LogP contribution in [0.3, 0.4) is 0 Å². The van der Waals surface area contributed by atoms with Crippen molar-refractivity contribution in [3.63, 3.8) is 0 Å². The van der Waals surface area contributed by atoms with Crippen molar-refractivity contribution >= 4 is 5.97 Å². The normalized spacial score (nSPS) is 32.1. The van der Waals surface area contributed by atoms with Crippen LogP contribution in [0.25, 0.3) is 0 Å². The van der Waals surface area contributed by atoms with Crippen molar-refractivity contribution < 1.29 is 29.2 Å². The smallest absolute Gasteiger partial charge is 0.339 e. The van der Waals surface area contributed by atoms with Gasteiger partial charge in [-0.1, -0.05) is 6.07 Å². The lowest BCUT2D eigenvalue weighted by Gasteiger charge is -2.17. The highest BCUT2D eigenvalue weighted by atomic mass is 16.6. The van der Waals surface area contributed by atoms with Crippen LogP contribution in [-0.4, -0.2) is 54.8 Å². The van der Waals surface area contributed by atoms with Gasteiger partial charge in [-0.05, 0) is 17.7 Å². The highest BCUT2D eigenvalue weighted by Gasteiger charge is 2.47. The van der Waals surface area contributed by atoms with E-state index in [1.807, 2.05) is 6.07 Å². The molecule has 3 rings (SSSR count). The van der Waals surface area contributed by atoms with Crippen LogP contribution in [0.15, 0.2) is 18.2 Å². The molecule has 108 valence electrons. The number of carboxylic acids is 1. The lowest BCUT2D eigenvalue weighted by atomic mass is 9.92. The average Bonchev–Trinajstić information content (AvgIpc) is 3.01. The first-order valence-electron chi connectivity index (χ1n) is 6.44. The van der Waals surface area contributed by atoms with Crippen molar-refractivity contribution in [1.82, 2.24) is 0 Å². The second kappa shape index (κ2) is 5.05. The zero-order chi connectivity index (χ0) is 14.3. The Morgan fingerprint density at radius 3 is 2.75 bits per heavy atom. The average molecular weight is 280 g/mol.